The van der Waals surface area contributed by atoms with Gasteiger partial charge < -0.3 is 14.8 Å². The van der Waals surface area contributed by atoms with Gasteiger partial charge in [-0.25, -0.2) is 0 Å². The third kappa shape index (κ3) is 5.20. The predicted octanol–water partition coefficient (Wildman–Crippen LogP) is 2.51. The summed E-state index contributed by atoms with van der Waals surface area (Å²) in [5, 5.41) is 13.4. The number of methoxy groups -OCH3 is 2. The highest BCUT2D eigenvalue weighted by Gasteiger charge is 2.08. The standard InChI is InChI=1S/C18H20N2O5/c1-24-16-8-5-14(11-17(16)25-2)12-18(21)19-10-9-13-3-6-15(7-4-13)20(22)23/h3-8,11H,9-10,12H2,1-2H3,(H,19,21). The molecule has 2 aromatic rings. The Balaban J connectivity index is 1.83. The highest BCUT2D eigenvalue weighted by atomic mass is 16.6. The van der Waals surface area contributed by atoms with E-state index in [9.17, 15) is 14.9 Å². The predicted molar refractivity (Wildman–Crippen MR) is 93.1 cm³/mol. The summed E-state index contributed by atoms with van der Waals surface area (Å²) >= 11 is 0. The fourth-order valence-corrected chi connectivity index (χ4v) is 2.37. The molecular weight excluding hydrogens is 324 g/mol. The van der Waals surface area contributed by atoms with Crippen LogP contribution in [0.4, 0.5) is 5.69 Å². The Hall–Kier alpha value is -3.09. The van der Waals surface area contributed by atoms with Crippen LogP contribution in [-0.4, -0.2) is 31.6 Å². The minimum Gasteiger partial charge on any atom is -0.493 e. The number of benzene rings is 2. The number of ether oxygens (including phenoxy) is 2. The number of carbonyl (C=O) groups excluding carboxylic acids is 1. The number of hydrogen-bond donors (Lipinski definition) is 1. The molecule has 2 rings (SSSR count). The van der Waals surface area contributed by atoms with E-state index in [0.29, 0.717) is 24.5 Å². The summed E-state index contributed by atoms with van der Waals surface area (Å²) < 4.78 is 10.4. The molecular formula is C18H20N2O5. The van der Waals surface area contributed by atoms with Crippen LogP contribution in [0.3, 0.4) is 0 Å². The second-order valence-electron chi connectivity index (χ2n) is 5.39. The SMILES string of the molecule is COc1ccc(CC(=O)NCCc2ccc([N+](=O)[O-])cc2)cc1OC. The maximum absolute atomic E-state index is 12.0. The molecule has 0 bridgehead atoms. The van der Waals surface area contributed by atoms with Gasteiger partial charge in [-0.2, -0.15) is 0 Å². The molecule has 0 aromatic heterocycles. The normalized spacial score (nSPS) is 10.2. The zero-order valence-corrected chi connectivity index (χ0v) is 14.2. The number of carbonyl (C=O) groups is 1. The number of nitrogens with one attached hydrogen (secondary N) is 1. The fourth-order valence-electron chi connectivity index (χ4n) is 2.37. The highest BCUT2D eigenvalue weighted by molar-refractivity contribution is 5.78. The van der Waals surface area contributed by atoms with Crippen molar-refractivity contribution in [1.29, 1.82) is 0 Å². The van der Waals surface area contributed by atoms with Crippen molar-refractivity contribution in [2.45, 2.75) is 12.8 Å². The van der Waals surface area contributed by atoms with E-state index in [2.05, 4.69) is 5.32 Å². The topological polar surface area (TPSA) is 90.7 Å². The molecule has 1 amide bonds. The first-order valence-electron chi connectivity index (χ1n) is 7.74. The van der Waals surface area contributed by atoms with Crippen molar-refractivity contribution in [2.24, 2.45) is 0 Å². The number of amides is 1. The van der Waals surface area contributed by atoms with Gasteiger partial charge in [-0.1, -0.05) is 18.2 Å². The molecule has 0 spiro atoms. The number of nitro benzene ring substituents is 1. The van der Waals surface area contributed by atoms with E-state index < -0.39 is 4.92 Å². The first-order chi connectivity index (χ1) is 12.0. The lowest BCUT2D eigenvalue weighted by Crippen LogP contribution is -2.27. The third-order valence-corrected chi connectivity index (χ3v) is 3.70. The first kappa shape index (κ1) is 18.3. The second-order valence-corrected chi connectivity index (χ2v) is 5.39. The van der Waals surface area contributed by atoms with Gasteiger partial charge in [-0.15, -0.1) is 0 Å². The molecule has 0 unspecified atom stereocenters. The second kappa shape index (κ2) is 8.68. The molecule has 132 valence electrons. The van der Waals surface area contributed by atoms with Gasteiger partial charge in [0.25, 0.3) is 5.69 Å². The number of nitro groups is 1. The minimum absolute atomic E-state index is 0.0567. The fraction of sp³-hybridized carbons (Fsp3) is 0.278. The lowest BCUT2D eigenvalue weighted by atomic mass is 10.1. The molecule has 0 fully saturated rings. The van der Waals surface area contributed by atoms with Crippen LogP contribution in [0.5, 0.6) is 11.5 Å². The Morgan fingerprint density at radius 2 is 1.68 bits per heavy atom. The van der Waals surface area contributed by atoms with Gasteiger partial charge >= 0.3 is 0 Å². The van der Waals surface area contributed by atoms with E-state index in [0.717, 1.165) is 11.1 Å². The van der Waals surface area contributed by atoms with Crippen molar-refractivity contribution in [1.82, 2.24) is 5.32 Å². The first-order valence-corrected chi connectivity index (χ1v) is 7.74. The van der Waals surface area contributed by atoms with Crippen LogP contribution < -0.4 is 14.8 Å². The van der Waals surface area contributed by atoms with Crippen LogP contribution in [0.15, 0.2) is 42.5 Å². The molecule has 0 aliphatic heterocycles. The van der Waals surface area contributed by atoms with Gasteiger partial charge in [-0.05, 0) is 29.7 Å². The summed E-state index contributed by atoms with van der Waals surface area (Å²) in [6, 6.07) is 11.7. The molecule has 1 N–H and O–H groups in total. The zero-order valence-electron chi connectivity index (χ0n) is 14.2. The Kier molecular flexibility index (Phi) is 6.33. The summed E-state index contributed by atoms with van der Waals surface area (Å²) in [5.74, 6) is 1.10. The number of nitrogens with zero attached hydrogens (tertiary/aromatic N) is 1. The van der Waals surface area contributed by atoms with Crippen LogP contribution in [-0.2, 0) is 17.6 Å². The quantitative estimate of drug-likeness (QED) is 0.587. The Bertz CT molecular complexity index is 744. The van der Waals surface area contributed by atoms with Crippen molar-refractivity contribution >= 4 is 11.6 Å². The Morgan fingerprint density at radius 3 is 2.28 bits per heavy atom. The van der Waals surface area contributed by atoms with E-state index in [4.69, 9.17) is 9.47 Å². The van der Waals surface area contributed by atoms with Crippen LogP contribution in [0.25, 0.3) is 0 Å². The average Bonchev–Trinajstić information content (AvgIpc) is 2.62. The van der Waals surface area contributed by atoms with E-state index in [1.54, 1.807) is 38.5 Å². The molecule has 0 heterocycles. The summed E-state index contributed by atoms with van der Waals surface area (Å²) in [7, 11) is 3.11. The Morgan fingerprint density at radius 1 is 1.04 bits per heavy atom. The number of non-ortho nitro benzene ring substituents is 1. The lowest BCUT2D eigenvalue weighted by molar-refractivity contribution is -0.384. The molecule has 0 radical (unpaired) electrons. The maximum atomic E-state index is 12.0. The molecule has 0 atom stereocenters. The summed E-state index contributed by atoms with van der Waals surface area (Å²) in [5.41, 5.74) is 1.81. The largest absolute Gasteiger partial charge is 0.493 e. The molecule has 7 nitrogen and oxygen atoms in total. The summed E-state index contributed by atoms with van der Waals surface area (Å²) in [4.78, 5) is 22.2. The smallest absolute Gasteiger partial charge is 0.269 e. The van der Waals surface area contributed by atoms with E-state index in [1.807, 2.05) is 6.07 Å². The van der Waals surface area contributed by atoms with Crippen molar-refractivity contribution in [3.05, 3.63) is 63.7 Å². The summed E-state index contributed by atoms with van der Waals surface area (Å²) in [6.07, 6.45) is 0.844. The zero-order chi connectivity index (χ0) is 18.2. The van der Waals surface area contributed by atoms with Crippen LogP contribution in [0, 0.1) is 10.1 Å². The van der Waals surface area contributed by atoms with Crippen molar-refractivity contribution in [2.75, 3.05) is 20.8 Å². The molecule has 0 aliphatic carbocycles. The van der Waals surface area contributed by atoms with E-state index >= 15 is 0 Å². The number of hydrogen-bond acceptors (Lipinski definition) is 5. The molecule has 25 heavy (non-hydrogen) atoms. The van der Waals surface area contributed by atoms with E-state index in [-0.39, 0.29) is 18.0 Å². The molecule has 0 saturated heterocycles. The van der Waals surface area contributed by atoms with Gasteiger partial charge in [0, 0.05) is 18.7 Å². The van der Waals surface area contributed by atoms with Gasteiger partial charge in [-0.3, -0.25) is 14.9 Å². The van der Waals surface area contributed by atoms with Gasteiger partial charge in [0.15, 0.2) is 11.5 Å². The van der Waals surface area contributed by atoms with Crippen molar-refractivity contribution < 1.29 is 19.2 Å². The van der Waals surface area contributed by atoms with Crippen molar-refractivity contribution in [3.8, 4) is 11.5 Å². The average molecular weight is 344 g/mol. The minimum atomic E-state index is -0.436. The monoisotopic (exact) mass is 344 g/mol. The Labute approximate surface area is 145 Å². The number of rotatable bonds is 8. The lowest BCUT2D eigenvalue weighted by Gasteiger charge is -2.10. The highest BCUT2D eigenvalue weighted by Crippen LogP contribution is 2.27. The molecule has 0 aliphatic rings. The van der Waals surface area contributed by atoms with Crippen molar-refractivity contribution in [3.63, 3.8) is 0 Å². The van der Waals surface area contributed by atoms with Gasteiger partial charge in [0.05, 0.1) is 25.6 Å². The molecule has 2 aromatic carbocycles. The van der Waals surface area contributed by atoms with Gasteiger partial charge in [0.2, 0.25) is 5.91 Å². The van der Waals surface area contributed by atoms with Crippen LogP contribution in [0.2, 0.25) is 0 Å². The van der Waals surface area contributed by atoms with E-state index in [1.165, 1.54) is 12.1 Å². The van der Waals surface area contributed by atoms with Crippen LogP contribution in [0.1, 0.15) is 11.1 Å². The third-order valence-electron chi connectivity index (χ3n) is 3.70. The summed E-state index contributed by atoms with van der Waals surface area (Å²) in [6.45, 7) is 0.462. The maximum Gasteiger partial charge on any atom is 0.269 e. The van der Waals surface area contributed by atoms with Crippen LogP contribution >= 0.6 is 0 Å². The molecule has 0 saturated carbocycles. The molecule has 7 heteroatoms. The van der Waals surface area contributed by atoms with Gasteiger partial charge in [0.1, 0.15) is 0 Å².